The lowest BCUT2D eigenvalue weighted by atomic mass is 10.0. The summed E-state index contributed by atoms with van der Waals surface area (Å²) in [6, 6.07) is 0. The van der Waals surface area contributed by atoms with Crippen molar-refractivity contribution in [1.82, 2.24) is 0 Å². The van der Waals surface area contributed by atoms with Gasteiger partial charge in [-0.05, 0) is 18.2 Å². The molecule has 13 heavy (non-hydrogen) atoms. The minimum atomic E-state index is -0.885. The molecule has 1 aliphatic rings. The Kier molecular flexibility index (Phi) is 3.01. The van der Waals surface area contributed by atoms with Crippen LogP contribution < -0.4 is 0 Å². The lowest BCUT2D eigenvalue weighted by molar-refractivity contribution is 0.0400. The maximum Gasteiger partial charge on any atom is 0.238 e. The Labute approximate surface area is 76.6 Å². The monoisotopic (exact) mass is 181 g/mol. The number of allylic oxidation sites excluding steroid dienone is 1. The number of aliphatic imine (C=N–C) groups is 1. The zero-order valence-electron chi connectivity index (χ0n) is 7.61. The Morgan fingerprint density at radius 3 is 2.77 bits per heavy atom. The van der Waals surface area contributed by atoms with Gasteiger partial charge in [-0.2, -0.15) is 4.99 Å². The minimum Gasteiger partial charge on any atom is -0.497 e. The molecule has 0 aromatic heterocycles. The average Bonchev–Trinajstić information content (AvgIpc) is 2.19. The molecule has 0 aromatic rings. The van der Waals surface area contributed by atoms with Gasteiger partial charge in [-0.1, -0.05) is 0 Å². The highest BCUT2D eigenvalue weighted by Crippen LogP contribution is 2.25. The lowest BCUT2D eigenvalue weighted by Crippen LogP contribution is -2.27. The predicted octanol–water partition coefficient (Wildman–Crippen LogP) is 1.16. The maximum atomic E-state index is 10.1. The van der Waals surface area contributed by atoms with Gasteiger partial charge in [0.2, 0.25) is 6.08 Å². The van der Waals surface area contributed by atoms with Crippen molar-refractivity contribution in [3.05, 3.63) is 24.0 Å². The molecule has 1 aliphatic carbocycles. The fourth-order valence-electron chi connectivity index (χ4n) is 1.10. The van der Waals surface area contributed by atoms with E-state index in [1.807, 2.05) is 6.08 Å². The Morgan fingerprint density at radius 1 is 1.62 bits per heavy atom. The molecule has 0 spiro atoms. The summed E-state index contributed by atoms with van der Waals surface area (Å²) in [6.45, 7) is 0. The molecule has 4 heteroatoms. The zero-order chi connectivity index (χ0) is 9.73. The molecule has 70 valence electrons. The summed E-state index contributed by atoms with van der Waals surface area (Å²) in [4.78, 5) is 13.7. The average molecular weight is 181 g/mol. The second-order valence-corrected chi connectivity index (χ2v) is 2.60. The van der Waals surface area contributed by atoms with Crippen LogP contribution in [0.4, 0.5) is 0 Å². The van der Waals surface area contributed by atoms with Crippen molar-refractivity contribution < 1.29 is 14.3 Å². The molecule has 0 amide bonds. The number of hydrogen-bond acceptors (Lipinski definition) is 4. The summed E-state index contributed by atoms with van der Waals surface area (Å²) in [6.07, 6.45) is 7.18. The third-order valence-corrected chi connectivity index (χ3v) is 1.93. The first-order valence-electron chi connectivity index (χ1n) is 3.84. The first-order chi connectivity index (χ1) is 6.26. The van der Waals surface area contributed by atoms with Gasteiger partial charge in [0.1, 0.15) is 5.76 Å². The van der Waals surface area contributed by atoms with E-state index in [4.69, 9.17) is 9.47 Å². The van der Waals surface area contributed by atoms with Crippen LogP contribution in [0.5, 0.6) is 0 Å². The summed E-state index contributed by atoms with van der Waals surface area (Å²) < 4.78 is 10.1. The number of isocyanates is 1. The largest absolute Gasteiger partial charge is 0.497 e. The molecule has 1 atom stereocenters. The molecule has 0 heterocycles. The molecule has 1 unspecified atom stereocenters. The molecular formula is C9H11NO3. The smallest absolute Gasteiger partial charge is 0.238 e. The van der Waals surface area contributed by atoms with Crippen molar-refractivity contribution in [2.24, 2.45) is 4.99 Å². The number of ether oxygens (including phenoxy) is 2. The number of methoxy groups -OCH3 is 2. The van der Waals surface area contributed by atoms with Gasteiger partial charge in [0.15, 0.2) is 5.72 Å². The van der Waals surface area contributed by atoms with Crippen molar-refractivity contribution in [2.75, 3.05) is 14.2 Å². The van der Waals surface area contributed by atoms with E-state index in [1.54, 1.807) is 19.3 Å². The second kappa shape index (κ2) is 4.03. The molecule has 0 bridgehead atoms. The SMILES string of the molecule is COC1=CCC(N=C=O)(OC)C=C1. The van der Waals surface area contributed by atoms with E-state index in [1.165, 1.54) is 13.2 Å². The van der Waals surface area contributed by atoms with E-state index in [2.05, 4.69) is 4.99 Å². The Balaban J connectivity index is 2.82. The van der Waals surface area contributed by atoms with E-state index in [0.717, 1.165) is 5.76 Å². The van der Waals surface area contributed by atoms with Crippen molar-refractivity contribution >= 4 is 6.08 Å². The van der Waals surface area contributed by atoms with Gasteiger partial charge in [0.05, 0.1) is 7.11 Å². The molecule has 0 aliphatic heterocycles. The van der Waals surface area contributed by atoms with E-state index in [-0.39, 0.29) is 0 Å². The van der Waals surface area contributed by atoms with Crippen LogP contribution in [0.15, 0.2) is 29.0 Å². The van der Waals surface area contributed by atoms with Crippen molar-refractivity contribution in [1.29, 1.82) is 0 Å². The number of hydrogen-bond donors (Lipinski definition) is 0. The van der Waals surface area contributed by atoms with Crippen LogP contribution in [-0.2, 0) is 14.3 Å². The molecule has 1 rings (SSSR count). The fraction of sp³-hybridized carbons (Fsp3) is 0.444. The summed E-state index contributed by atoms with van der Waals surface area (Å²) in [7, 11) is 3.08. The van der Waals surface area contributed by atoms with Crippen LogP contribution in [0.2, 0.25) is 0 Å². The van der Waals surface area contributed by atoms with E-state index < -0.39 is 5.72 Å². The fourth-order valence-corrected chi connectivity index (χ4v) is 1.10. The highest BCUT2D eigenvalue weighted by molar-refractivity contribution is 5.37. The summed E-state index contributed by atoms with van der Waals surface area (Å²) in [5, 5.41) is 0. The van der Waals surface area contributed by atoms with Crippen molar-refractivity contribution in [3.63, 3.8) is 0 Å². The molecule has 0 saturated heterocycles. The van der Waals surface area contributed by atoms with Gasteiger partial charge in [-0.3, -0.25) is 0 Å². The van der Waals surface area contributed by atoms with Crippen LogP contribution in [0.1, 0.15) is 6.42 Å². The first kappa shape index (κ1) is 9.71. The van der Waals surface area contributed by atoms with Crippen molar-refractivity contribution in [3.8, 4) is 0 Å². The molecular weight excluding hydrogens is 170 g/mol. The Hall–Kier alpha value is -1.38. The lowest BCUT2D eigenvalue weighted by Gasteiger charge is -2.24. The van der Waals surface area contributed by atoms with Crippen LogP contribution in [-0.4, -0.2) is 26.0 Å². The molecule has 0 radical (unpaired) electrons. The second-order valence-electron chi connectivity index (χ2n) is 2.60. The van der Waals surface area contributed by atoms with Crippen LogP contribution in [0.3, 0.4) is 0 Å². The van der Waals surface area contributed by atoms with E-state index in [9.17, 15) is 4.79 Å². The number of rotatable bonds is 3. The first-order valence-corrected chi connectivity index (χ1v) is 3.84. The van der Waals surface area contributed by atoms with E-state index >= 15 is 0 Å². The molecule has 0 N–H and O–H groups in total. The van der Waals surface area contributed by atoms with Gasteiger partial charge in [0, 0.05) is 13.5 Å². The normalized spacial score (nSPS) is 26.2. The van der Waals surface area contributed by atoms with Gasteiger partial charge >= 0.3 is 0 Å². The van der Waals surface area contributed by atoms with E-state index in [0.29, 0.717) is 6.42 Å². The van der Waals surface area contributed by atoms with Gasteiger partial charge in [-0.15, -0.1) is 0 Å². The molecule has 0 fully saturated rings. The van der Waals surface area contributed by atoms with Gasteiger partial charge < -0.3 is 9.47 Å². The highest BCUT2D eigenvalue weighted by atomic mass is 16.5. The molecule has 0 aromatic carbocycles. The highest BCUT2D eigenvalue weighted by Gasteiger charge is 2.27. The van der Waals surface area contributed by atoms with Gasteiger partial charge in [-0.25, -0.2) is 4.79 Å². The maximum absolute atomic E-state index is 10.1. The van der Waals surface area contributed by atoms with Crippen molar-refractivity contribution in [2.45, 2.75) is 12.1 Å². The minimum absolute atomic E-state index is 0.485. The third kappa shape index (κ3) is 2.05. The van der Waals surface area contributed by atoms with Crippen LogP contribution >= 0.6 is 0 Å². The number of nitrogens with zero attached hydrogens (tertiary/aromatic N) is 1. The standard InChI is InChI=1S/C9H11NO3/c1-12-8-3-5-9(13-2,6-4-8)10-7-11/h3-5H,6H2,1-2H3. The Morgan fingerprint density at radius 2 is 2.38 bits per heavy atom. The third-order valence-electron chi connectivity index (χ3n) is 1.93. The molecule has 4 nitrogen and oxygen atoms in total. The molecule has 0 saturated carbocycles. The van der Waals surface area contributed by atoms with Gasteiger partial charge in [0.25, 0.3) is 0 Å². The topological polar surface area (TPSA) is 47.9 Å². The quantitative estimate of drug-likeness (QED) is 0.484. The zero-order valence-corrected chi connectivity index (χ0v) is 7.61. The predicted molar refractivity (Wildman–Crippen MR) is 46.7 cm³/mol. The number of carbonyl (C=O) groups excluding carboxylic acids is 1. The Bertz CT molecular complexity index is 289. The summed E-state index contributed by atoms with van der Waals surface area (Å²) in [5.41, 5.74) is -0.885. The van der Waals surface area contributed by atoms with Crippen LogP contribution in [0.25, 0.3) is 0 Å². The summed E-state index contributed by atoms with van der Waals surface area (Å²) >= 11 is 0. The van der Waals surface area contributed by atoms with Crippen LogP contribution in [0, 0.1) is 0 Å². The summed E-state index contributed by atoms with van der Waals surface area (Å²) in [5.74, 6) is 0.744.